The SMILES string of the molecule is COC(=O)N[C@H](C(=O)N1CCC[C@H]1c1ncc(-c2ccc(-c3ccc(C4=CN=C([C@H]5C6CCC(C6)[C@@H]5C(=O)NCc5cccnc5)C4)cc3)c(F)c2)[nH]1)C(C)C. The molecule has 0 spiro atoms. The Morgan fingerprint density at radius 3 is 2.54 bits per heavy atom. The normalized spacial score (nSPS) is 23.2. The number of imidazole rings is 1. The zero-order valence-electron chi connectivity index (χ0n) is 32.0. The summed E-state index contributed by atoms with van der Waals surface area (Å²) in [6.07, 6.45) is 12.1. The number of aromatic nitrogens is 3. The molecule has 2 aromatic carbocycles. The van der Waals surface area contributed by atoms with E-state index in [1.54, 1.807) is 29.6 Å². The van der Waals surface area contributed by atoms with Gasteiger partial charge in [-0.3, -0.25) is 19.6 Å². The van der Waals surface area contributed by atoms with E-state index in [9.17, 15) is 14.4 Å². The third-order valence-corrected chi connectivity index (χ3v) is 12.2. The van der Waals surface area contributed by atoms with Crippen LogP contribution in [0.3, 0.4) is 0 Å². The Hall–Kier alpha value is -5.65. The van der Waals surface area contributed by atoms with Crippen LogP contribution in [0.25, 0.3) is 28.0 Å². The van der Waals surface area contributed by atoms with Crippen molar-refractivity contribution in [1.29, 1.82) is 0 Å². The number of nitrogens with zero attached hydrogens (tertiary/aromatic N) is 4. The number of hydrogen-bond donors (Lipinski definition) is 3. The molecule has 4 aliphatic rings. The van der Waals surface area contributed by atoms with Crippen LogP contribution in [0.15, 0.2) is 84.4 Å². The number of aromatic amines is 1. The number of allylic oxidation sites excluding steroid dienone is 1. The second kappa shape index (κ2) is 15.8. The quantitative estimate of drug-likeness (QED) is 0.145. The molecule has 1 saturated heterocycles. The number of halogens is 1. The van der Waals surface area contributed by atoms with Crippen LogP contribution in [0, 0.1) is 35.4 Å². The van der Waals surface area contributed by atoms with Crippen LogP contribution in [0.2, 0.25) is 0 Å². The largest absolute Gasteiger partial charge is 0.453 e. The number of carbonyl (C=O) groups excluding carboxylic acids is 3. The molecule has 11 nitrogen and oxygen atoms in total. The first-order valence-corrected chi connectivity index (χ1v) is 19.7. The summed E-state index contributed by atoms with van der Waals surface area (Å²) in [7, 11) is 1.27. The van der Waals surface area contributed by atoms with Crippen LogP contribution in [-0.2, 0) is 20.9 Å². The molecule has 2 saturated carbocycles. The number of amides is 3. The van der Waals surface area contributed by atoms with E-state index in [0.717, 1.165) is 60.1 Å². The van der Waals surface area contributed by atoms with Gasteiger partial charge in [-0.05, 0) is 84.3 Å². The summed E-state index contributed by atoms with van der Waals surface area (Å²) in [5.41, 5.74) is 6.79. The fourth-order valence-electron chi connectivity index (χ4n) is 9.41. The van der Waals surface area contributed by atoms with Gasteiger partial charge in [0.15, 0.2) is 0 Å². The van der Waals surface area contributed by atoms with Crippen molar-refractivity contribution in [3.63, 3.8) is 0 Å². The summed E-state index contributed by atoms with van der Waals surface area (Å²) in [6.45, 7) is 4.78. The molecule has 2 aliphatic heterocycles. The number of methoxy groups -OCH3 is 1. The van der Waals surface area contributed by atoms with Crippen LogP contribution in [0.1, 0.15) is 75.4 Å². The van der Waals surface area contributed by atoms with Gasteiger partial charge in [-0.2, -0.15) is 0 Å². The maximum atomic E-state index is 15.8. The molecule has 290 valence electrons. The molecule has 4 heterocycles. The standard InChI is InChI=1S/C44H48FN7O4/c1-25(2)40(51-44(55)56-3)43(54)52-17-5-7-37(52)41-48-24-36(50-41)29-14-15-33(34(45)19-29)28-10-8-27(9-11-28)32-20-35(47-23-32)38-30-12-13-31(18-30)39(38)42(53)49-22-26-6-4-16-46-21-26/h4,6,8-11,14-16,19,21,23-25,30-31,37-40H,5,7,12-13,17-18,20,22H2,1-3H3,(H,48,50)(H,49,53)(H,51,55)/t30?,31?,37-,38+,39-,40-/m0/s1. The minimum atomic E-state index is -0.725. The van der Waals surface area contributed by atoms with Gasteiger partial charge in [0.05, 0.1) is 25.0 Å². The topological polar surface area (TPSA) is 142 Å². The Balaban J connectivity index is 0.908. The molecule has 3 fully saturated rings. The van der Waals surface area contributed by atoms with E-state index in [-0.39, 0.29) is 41.4 Å². The first kappa shape index (κ1) is 37.3. The van der Waals surface area contributed by atoms with Crippen LogP contribution >= 0.6 is 0 Å². The summed E-state index contributed by atoms with van der Waals surface area (Å²) in [4.78, 5) is 57.8. The van der Waals surface area contributed by atoms with Crippen molar-refractivity contribution in [2.75, 3.05) is 13.7 Å². The van der Waals surface area contributed by atoms with E-state index < -0.39 is 12.1 Å². The van der Waals surface area contributed by atoms with Crippen LogP contribution < -0.4 is 10.6 Å². The molecule has 2 bridgehead atoms. The summed E-state index contributed by atoms with van der Waals surface area (Å²) < 4.78 is 20.5. The molecule has 2 aromatic heterocycles. The van der Waals surface area contributed by atoms with Gasteiger partial charge in [0.1, 0.15) is 17.7 Å². The van der Waals surface area contributed by atoms with Gasteiger partial charge >= 0.3 is 6.09 Å². The fraction of sp³-hybridized carbons (Fsp3) is 0.409. The second-order valence-corrected chi connectivity index (χ2v) is 15.9. The average Bonchev–Trinajstić information content (AvgIpc) is 4.07. The lowest BCUT2D eigenvalue weighted by atomic mass is 9.75. The van der Waals surface area contributed by atoms with E-state index in [2.05, 4.69) is 25.6 Å². The summed E-state index contributed by atoms with van der Waals surface area (Å²) >= 11 is 0. The zero-order valence-corrected chi connectivity index (χ0v) is 32.0. The Kier molecular flexibility index (Phi) is 10.5. The molecule has 4 aromatic rings. The Morgan fingerprint density at radius 1 is 1.00 bits per heavy atom. The van der Waals surface area contributed by atoms with E-state index in [4.69, 9.17) is 9.73 Å². The number of likely N-dealkylation sites (tertiary alicyclic amines) is 1. The number of fused-ring (bicyclic) bond motifs is 2. The highest BCUT2D eigenvalue weighted by Crippen LogP contribution is 2.54. The van der Waals surface area contributed by atoms with E-state index in [1.807, 2.05) is 62.5 Å². The summed E-state index contributed by atoms with van der Waals surface area (Å²) in [5.74, 6) is 1.05. The van der Waals surface area contributed by atoms with Crippen molar-refractivity contribution in [2.45, 2.75) is 71.0 Å². The highest BCUT2D eigenvalue weighted by molar-refractivity contribution is 6.02. The molecule has 0 radical (unpaired) electrons. The first-order chi connectivity index (χ1) is 27.2. The number of pyridine rings is 1. The van der Waals surface area contributed by atoms with Crippen molar-refractivity contribution in [2.24, 2.45) is 34.6 Å². The summed E-state index contributed by atoms with van der Waals surface area (Å²) in [5, 5.41) is 5.85. The van der Waals surface area contributed by atoms with Crippen LogP contribution in [0.4, 0.5) is 9.18 Å². The van der Waals surface area contributed by atoms with Crippen molar-refractivity contribution >= 4 is 29.2 Å². The second-order valence-electron chi connectivity index (χ2n) is 15.9. The Labute approximate surface area is 326 Å². The highest BCUT2D eigenvalue weighted by atomic mass is 19.1. The number of ether oxygens (including phenoxy) is 1. The minimum Gasteiger partial charge on any atom is -0.453 e. The van der Waals surface area contributed by atoms with Crippen molar-refractivity contribution in [3.05, 3.63) is 102 Å². The van der Waals surface area contributed by atoms with E-state index in [0.29, 0.717) is 54.0 Å². The number of alkyl carbamates (subject to hydrolysis) is 1. The predicted molar refractivity (Wildman–Crippen MR) is 211 cm³/mol. The number of nitrogens with one attached hydrogen (secondary N) is 3. The fourth-order valence-corrected chi connectivity index (χ4v) is 9.41. The number of aliphatic imine (C=N–C) groups is 1. The first-order valence-electron chi connectivity index (χ1n) is 19.7. The van der Waals surface area contributed by atoms with Gasteiger partial charge in [-0.15, -0.1) is 0 Å². The molecule has 8 rings (SSSR count). The van der Waals surface area contributed by atoms with Crippen molar-refractivity contribution in [1.82, 2.24) is 30.5 Å². The number of benzene rings is 2. The number of hydrogen-bond acceptors (Lipinski definition) is 7. The lowest BCUT2D eigenvalue weighted by Gasteiger charge is -2.30. The van der Waals surface area contributed by atoms with Crippen molar-refractivity contribution < 1.29 is 23.5 Å². The third-order valence-electron chi connectivity index (χ3n) is 12.2. The van der Waals surface area contributed by atoms with Gasteiger partial charge in [-0.25, -0.2) is 14.2 Å². The molecule has 6 atom stereocenters. The van der Waals surface area contributed by atoms with Gasteiger partial charge in [0.2, 0.25) is 11.8 Å². The Morgan fingerprint density at radius 2 is 1.79 bits per heavy atom. The molecule has 3 amide bonds. The molecular weight excluding hydrogens is 710 g/mol. The number of H-pyrrole nitrogens is 1. The maximum Gasteiger partial charge on any atom is 0.407 e. The lowest BCUT2D eigenvalue weighted by molar-refractivity contribution is -0.135. The van der Waals surface area contributed by atoms with Gasteiger partial charge in [0.25, 0.3) is 0 Å². The Bertz CT molecular complexity index is 2160. The smallest absolute Gasteiger partial charge is 0.407 e. The van der Waals surface area contributed by atoms with Gasteiger partial charge < -0.3 is 25.3 Å². The molecular formula is C44H48FN7O4. The monoisotopic (exact) mass is 757 g/mol. The van der Waals surface area contributed by atoms with Gasteiger partial charge in [-0.1, -0.05) is 56.3 Å². The van der Waals surface area contributed by atoms with Gasteiger partial charge in [0, 0.05) is 66.8 Å². The molecule has 3 N–H and O–H groups in total. The number of carbonyl (C=O) groups is 3. The van der Waals surface area contributed by atoms with E-state index in [1.165, 1.54) is 13.2 Å². The molecule has 56 heavy (non-hydrogen) atoms. The zero-order chi connectivity index (χ0) is 38.9. The van der Waals surface area contributed by atoms with E-state index >= 15 is 4.39 Å². The van der Waals surface area contributed by atoms with Crippen molar-refractivity contribution in [3.8, 4) is 22.4 Å². The maximum absolute atomic E-state index is 15.8. The third kappa shape index (κ3) is 7.36. The molecule has 2 unspecified atom stereocenters. The average molecular weight is 758 g/mol. The highest BCUT2D eigenvalue weighted by Gasteiger charge is 2.52. The summed E-state index contributed by atoms with van der Waals surface area (Å²) in [6, 6.07) is 15.9. The van der Waals surface area contributed by atoms with Crippen LogP contribution in [-0.4, -0.2) is 63.2 Å². The molecule has 2 aliphatic carbocycles. The van der Waals surface area contributed by atoms with Crippen LogP contribution in [0.5, 0.6) is 0 Å². The molecule has 12 heteroatoms. The lowest BCUT2D eigenvalue weighted by Crippen LogP contribution is -2.51. The number of rotatable bonds is 11. The minimum absolute atomic E-state index is 0.0560. The predicted octanol–water partition coefficient (Wildman–Crippen LogP) is 7.49.